The van der Waals surface area contributed by atoms with E-state index in [-0.39, 0.29) is 11.1 Å². The van der Waals surface area contributed by atoms with Crippen LogP contribution in [0.5, 0.6) is 11.5 Å². The number of anilines is 1. The van der Waals surface area contributed by atoms with Gasteiger partial charge >= 0.3 is 0 Å². The topological polar surface area (TPSA) is 94.3 Å². The van der Waals surface area contributed by atoms with Gasteiger partial charge in [0, 0.05) is 34.7 Å². The normalized spacial score (nSPS) is 16.3. The number of aryl methyl sites for hydroxylation is 1. The van der Waals surface area contributed by atoms with E-state index in [4.69, 9.17) is 13.9 Å². The van der Waals surface area contributed by atoms with Crippen molar-refractivity contribution in [2.24, 2.45) is 0 Å². The summed E-state index contributed by atoms with van der Waals surface area (Å²) in [4.78, 5) is 4.42. The van der Waals surface area contributed by atoms with Gasteiger partial charge in [-0.1, -0.05) is 30.3 Å². The summed E-state index contributed by atoms with van der Waals surface area (Å²) in [6, 6.07) is 18.4. The summed E-state index contributed by atoms with van der Waals surface area (Å²) in [5.74, 6) is 3.47. The molecule has 0 atom stereocenters. The van der Waals surface area contributed by atoms with Crippen LogP contribution in [0.4, 0.5) is 5.82 Å². The third-order valence-electron chi connectivity index (χ3n) is 7.19. The van der Waals surface area contributed by atoms with Crippen molar-refractivity contribution in [2.45, 2.75) is 84.5 Å². The van der Waals surface area contributed by atoms with Crippen LogP contribution < -0.4 is 20.1 Å². The standard InChI is InChI=1S/C33H41N5O3/c1-7-39-28-15-24(31-34-20-22(2)41-31)16-29(40-21-23-11-9-8-10-12-23)27(28)17-25-13-14-30(37-36-25)35-26-18-32(3,4)38-33(5,6)19-26/h8-16,20,26,38H,7,17-19,21H2,1-6H3,(H,35,37). The van der Waals surface area contributed by atoms with Crippen molar-refractivity contribution in [2.75, 3.05) is 11.9 Å². The van der Waals surface area contributed by atoms with Gasteiger partial charge in [-0.25, -0.2) is 4.98 Å². The molecule has 1 aliphatic rings. The fraction of sp³-hybridized carbons (Fsp3) is 0.424. The smallest absolute Gasteiger partial charge is 0.226 e. The van der Waals surface area contributed by atoms with Gasteiger partial charge in [0.2, 0.25) is 5.89 Å². The van der Waals surface area contributed by atoms with Crippen LogP contribution in [0.2, 0.25) is 0 Å². The predicted octanol–water partition coefficient (Wildman–Crippen LogP) is 6.73. The lowest BCUT2D eigenvalue weighted by Gasteiger charge is -2.46. The second-order valence-electron chi connectivity index (χ2n) is 12.2. The summed E-state index contributed by atoms with van der Waals surface area (Å²) in [7, 11) is 0. The number of aromatic nitrogens is 3. The highest BCUT2D eigenvalue weighted by Gasteiger charge is 2.37. The molecule has 0 spiro atoms. The largest absolute Gasteiger partial charge is 0.493 e. The van der Waals surface area contributed by atoms with E-state index < -0.39 is 0 Å². The lowest BCUT2D eigenvalue weighted by molar-refractivity contribution is 0.170. The quantitative estimate of drug-likeness (QED) is 0.222. The van der Waals surface area contributed by atoms with E-state index in [9.17, 15) is 0 Å². The Kier molecular flexibility index (Phi) is 8.31. The molecule has 0 saturated carbocycles. The van der Waals surface area contributed by atoms with Crippen molar-refractivity contribution in [3.8, 4) is 23.0 Å². The Morgan fingerprint density at radius 2 is 1.66 bits per heavy atom. The third-order valence-corrected chi connectivity index (χ3v) is 7.19. The van der Waals surface area contributed by atoms with Crippen LogP contribution >= 0.6 is 0 Å². The molecule has 8 heteroatoms. The molecule has 0 unspecified atom stereocenters. The molecule has 1 fully saturated rings. The zero-order valence-corrected chi connectivity index (χ0v) is 25.0. The zero-order valence-electron chi connectivity index (χ0n) is 25.0. The first-order valence-electron chi connectivity index (χ1n) is 14.4. The molecule has 1 saturated heterocycles. The fourth-order valence-corrected chi connectivity index (χ4v) is 5.90. The van der Waals surface area contributed by atoms with Crippen LogP contribution in [-0.4, -0.2) is 38.9 Å². The summed E-state index contributed by atoms with van der Waals surface area (Å²) >= 11 is 0. The van der Waals surface area contributed by atoms with Gasteiger partial charge in [-0.3, -0.25) is 0 Å². The Labute approximate surface area is 242 Å². The minimum atomic E-state index is 0.0502. The SMILES string of the molecule is CCOc1cc(-c2ncc(C)o2)cc(OCc2ccccc2)c1Cc1ccc(NC2CC(C)(C)NC(C)(C)C2)nn1. The number of hydrogen-bond acceptors (Lipinski definition) is 8. The Balaban J connectivity index is 1.40. The molecule has 216 valence electrons. The Hall–Kier alpha value is -3.91. The van der Waals surface area contributed by atoms with Crippen LogP contribution in [0.25, 0.3) is 11.5 Å². The molecule has 4 aromatic rings. The van der Waals surface area contributed by atoms with Gasteiger partial charge < -0.3 is 24.5 Å². The van der Waals surface area contributed by atoms with Crippen LogP contribution in [-0.2, 0) is 13.0 Å². The number of nitrogens with one attached hydrogen (secondary N) is 2. The molecule has 0 radical (unpaired) electrons. The van der Waals surface area contributed by atoms with Crippen molar-refractivity contribution in [3.05, 3.63) is 83.4 Å². The number of hydrogen-bond donors (Lipinski definition) is 2. The molecule has 0 aliphatic carbocycles. The van der Waals surface area contributed by atoms with E-state index in [2.05, 4.69) is 53.5 Å². The maximum absolute atomic E-state index is 6.40. The molecule has 41 heavy (non-hydrogen) atoms. The van der Waals surface area contributed by atoms with Gasteiger partial charge in [-0.05, 0) is 84.2 Å². The maximum atomic E-state index is 6.40. The van der Waals surface area contributed by atoms with Crippen LogP contribution in [0, 0.1) is 6.92 Å². The average molecular weight is 556 g/mol. The molecule has 2 N–H and O–H groups in total. The highest BCUT2D eigenvalue weighted by Crippen LogP contribution is 2.37. The summed E-state index contributed by atoms with van der Waals surface area (Å²) in [5.41, 5.74) is 3.71. The molecule has 8 nitrogen and oxygen atoms in total. The molecular weight excluding hydrogens is 514 g/mol. The van der Waals surface area contributed by atoms with Gasteiger partial charge in [0.05, 0.1) is 18.5 Å². The number of benzene rings is 2. The highest BCUT2D eigenvalue weighted by atomic mass is 16.5. The molecule has 2 aromatic heterocycles. The lowest BCUT2D eigenvalue weighted by Crippen LogP contribution is -2.60. The lowest BCUT2D eigenvalue weighted by atomic mass is 9.79. The minimum Gasteiger partial charge on any atom is -0.493 e. The van der Waals surface area contributed by atoms with Gasteiger partial charge in [0.15, 0.2) is 0 Å². The van der Waals surface area contributed by atoms with E-state index in [1.165, 1.54) is 0 Å². The Morgan fingerprint density at radius 3 is 2.27 bits per heavy atom. The number of ether oxygens (including phenoxy) is 2. The third kappa shape index (κ3) is 7.44. The van der Waals surface area contributed by atoms with Crippen molar-refractivity contribution in [1.82, 2.24) is 20.5 Å². The van der Waals surface area contributed by atoms with Gasteiger partial charge in [-0.2, -0.15) is 5.10 Å². The highest BCUT2D eigenvalue weighted by molar-refractivity contribution is 5.63. The van der Waals surface area contributed by atoms with Crippen LogP contribution in [0.3, 0.4) is 0 Å². The first-order valence-corrected chi connectivity index (χ1v) is 14.4. The first kappa shape index (κ1) is 28.6. The summed E-state index contributed by atoms with van der Waals surface area (Å²) < 4.78 is 18.3. The maximum Gasteiger partial charge on any atom is 0.226 e. The monoisotopic (exact) mass is 555 g/mol. The Bertz CT molecular complexity index is 1430. The van der Waals surface area contributed by atoms with Gasteiger partial charge in [-0.15, -0.1) is 5.10 Å². The second-order valence-corrected chi connectivity index (χ2v) is 12.2. The van der Waals surface area contributed by atoms with Gasteiger partial charge in [0.1, 0.15) is 29.7 Å². The first-order chi connectivity index (χ1) is 19.6. The van der Waals surface area contributed by atoms with Crippen LogP contribution in [0.15, 0.2) is 65.2 Å². The molecular formula is C33H41N5O3. The number of nitrogens with zero attached hydrogens (tertiary/aromatic N) is 3. The predicted molar refractivity (Wildman–Crippen MR) is 161 cm³/mol. The van der Waals surface area contributed by atoms with Crippen molar-refractivity contribution in [1.29, 1.82) is 0 Å². The summed E-state index contributed by atoms with van der Waals surface area (Å²) in [6.45, 7) is 13.8. The average Bonchev–Trinajstić information content (AvgIpc) is 3.35. The van der Waals surface area contributed by atoms with E-state index >= 15 is 0 Å². The molecule has 3 heterocycles. The molecule has 0 amide bonds. The minimum absolute atomic E-state index is 0.0502. The number of rotatable bonds is 10. The molecule has 5 rings (SSSR count). The Morgan fingerprint density at radius 1 is 0.951 bits per heavy atom. The molecule has 1 aliphatic heterocycles. The van der Waals surface area contributed by atoms with E-state index in [1.54, 1.807) is 6.20 Å². The van der Waals surface area contributed by atoms with Crippen molar-refractivity contribution < 1.29 is 13.9 Å². The van der Waals surface area contributed by atoms with Crippen molar-refractivity contribution in [3.63, 3.8) is 0 Å². The molecule has 0 bridgehead atoms. The van der Waals surface area contributed by atoms with Crippen LogP contribution in [0.1, 0.15) is 70.0 Å². The second kappa shape index (κ2) is 11.9. The van der Waals surface area contributed by atoms with E-state index in [0.717, 1.165) is 46.8 Å². The zero-order chi connectivity index (χ0) is 29.0. The molecule has 2 aromatic carbocycles. The number of oxazole rings is 1. The summed E-state index contributed by atoms with van der Waals surface area (Å²) in [5, 5.41) is 16.5. The van der Waals surface area contributed by atoms with Gasteiger partial charge in [0.25, 0.3) is 0 Å². The van der Waals surface area contributed by atoms with E-state index in [0.29, 0.717) is 43.1 Å². The fourth-order valence-electron chi connectivity index (χ4n) is 5.90. The van der Waals surface area contributed by atoms with E-state index in [1.807, 2.05) is 68.4 Å². The number of piperidine rings is 1. The van der Waals surface area contributed by atoms with Crippen molar-refractivity contribution >= 4 is 5.82 Å². The summed E-state index contributed by atoms with van der Waals surface area (Å²) in [6.07, 6.45) is 4.24.